The average molecular weight is 473 g/mol. The maximum atomic E-state index is 13.3. The van der Waals surface area contributed by atoms with Crippen molar-refractivity contribution in [1.29, 1.82) is 0 Å². The molecule has 3 aromatic heterocycles. The van der Waals surface area contributed by atoms with E-state index in [1.165, 1.54) is 0 Å². The Bertz CT molecular complexity index is 1640. The van der Waals surface area contributed by atoms with Gasteiger partial charge in [-0.1, -0.05) is 23.7 Å². The summed E-state index contributed by atoms with van der Waals surface area (Å²) in [5.74, 6) is 0.446. The van der Waals surface area contributed by atoms with Crippen molar-refractivity contribution in [2.75, 3.05) is 12.4 Å². The van der Waals surface area contributed by atoms with Crippen LogP contribution in [-0.2, 0) is 7.05 Å². The molecule has 170 valence electrons. The lowest BCUT2D eigenvalue weighted by Gasteiger charge is -2.11. The predicted molar refractivity (Wildman–Crippen MR) is 135 cm³/mol. The third-order valence-corrected chi connectivity index (χ3v) is 6.34. The van der Waals surface area contributed by atoms with E-state index in [-0.39, 0.29) is 11.7 Å². The molecule has 9 heteroatoms. The van der Waals surface area contributed by atoms with Gasteiger partial charge in [-0.05, 0) is 54.4 Å². The molecule has 0 bridgehead atoms. The van der Waals surface area contributed by atoms with Crippen LogP contribution in [0.2, 0.25) is 5.02 Å². The molecule has 0 saturated heterocycles. The number of pyridine rings is 2. The second-order valence-corrected chi connectivity index (χ2v) is 8.33. The molecule has 0 unspecified atom stereocenters. The molecule has 0 radical (unpaired) electrons. The van der Waals surface area contributed by atoms with Gasteiger partial charge in [0.15, 0.2) is 0 Å². The normalized spacial score (nSPS) is 11.2. The van der Waals surface area contributed by atoms with Gasteiger partial charge in [-0.3, -0.25) is 19.4 Å². The van der Waals surface area contributed by atoms with Gasteiger partial charge >= 0.3 is 11.7 Å². The smallest absolute Gasteiger partial charge is 0.333 e. The number of aryl methyl sites for hydroxylation is 1. The summed E-state index contributed by atoms with van der Waals surface area (Å²) in [5, 5.41) is 6.57. The number of amides is 2. The van der Waals surface area contributed by atoms with Crippen LogP contribution < -0.4 is 16.3 Å². The first-order chi connectivity index (χ1) is 16.4. The molecule has 0 saturated carbocycles. The van der Waals surface area contributed by atoms with E-state index >= 15 is 0 Å². The molecule has 0 aliphatic rings. The molecular weight excluding hydrogens is 452 g/mol. The highest BCUT2D eigenvalue weighted by Crippen LogP contribution is 2.31. The Morgan fingerprint density at radius 3 is 2.56 bits per heavy atom. The number of nitrogens with zero attached hydrogens (tertiary/aromatic N) is 4. The maximum Gasteiger partial charge on any atom is 0.333 e. The molecule has 0 spiro atoms. The van der Waals surface area contributed by atoms with Crippen molar-refractivity contribution in [3.63, 3.8) is 0 Å². The van der Waals surface area contributed by atoms with E-state index in [1.54, 1.807) is 41.7 Å². The number of carbonyl (C=O) groups excluding carboxylic acids is 1. The Kier molecular flexibility index (Phi) is 5.30. The van der Waals surface area contributed by atoms with E-state index in [4.69, 9.17) is 11.6 Å². The zero-order valence-electron chi connectivity index (χ0n) is 18.8. The van der Waals surface area contributed by atoms with Gasteiger partial charge < -0.3 is 5.32 Å². The van der Waals surface area contributed by atoms with Crippen molar-refractivity contribution < 1.29 is 4.79 Å². The minimum Gasteiger partial charge on any atom is -0.341 e. The molecule has 0 atom stereocenters. The van der Waals surface area contributed by atoms with Crippen LogP contribution in [0.5, 0.6) is 0 Å². The summed E-state index contributed by atoms with van der Waals surface area (Å²) in [6.07, 6.45) is 3.41. The number of urea groups is 1. The third-order valence-electron chi connectivity index (χ3n) is 5.93. The Balaban J connectivity index is 1.73. The molecule has 3 heterocycles. The molecule has 5 rings (SSSR count). The lowest BCUT2D eigenvalue weighted by molar-refractivity contribution is 0.254. The number of imidazole rings is 1. The van der Waals surface area contributed by atoms with Gasteiger partial charge in [-0.2, -0.15) is 0 Å². The van der Waals surface area contributed by atoms with E-state index in [2.05, 4.69) is 20.6 Å². The minimum atomic E-state index is -0.335. The van der Waals surface area contributed by atoms with Crippen LogP contribution in [0, 0.1) is 6.92 Å². The van der Waals surface area contributed by atoms with E-state index in [0.29, 0.717) is 10.8 Å². The topological polar surface area (TPSA) is 93.8 Å². The predicted octanol–water partition coefficient (Wildman–Crippen LogP) is 4.65. The number of anilines is 1. The van der Waals surface area contributed by atoms with Crippen LogP contribution in [0.25, 0.3) is 38.8 Å². The van der Waals surface area contributed by atoms with Gasteiger partial charge in [0, 0.05) is 36.3 Å². The summed E-state index contributed by atoms with van der Waals surface area (Å²) in [4.78, 5) is 33.7. The van der Waals surface area contributed by atoms with Gasteiger partial charge in [0.2, 0.25) is 0 Å². The SMILES string of the molecule is CNC(=O)Nc1ccc(-c2ccc3ncc4c(c3c2)n(-c2cccc(Cl)c2C)c(=O)n4C)cn1. The first kappa shape index (κ1) is 21.7. The van der Waals surface area contributed by atoms with Gasteiger partial charge in [0.25, 0.3) is 0 Å². The Hall–Kier alpha value is -4.17. The van der Waals surface area contributed by atoms with Crippen LogP contribution in [-0.4, -0.2) is 32.2 Å². The number of nitrogens with one attached hydrogen (secondary N) is 2. The number of carbonyl (C=O) groups is 1. The fourth-order valence-electron chi connectivity index (χ4n) is 4.06. The van der Waals surface area contributed by atoms with Crippen molar-refractivity contribution in [2.45, 2.75) is 6.92 Å². The fraction of sp³-hybridized carbons (Fsp3) is 0.120. The zero-order valence-corrected chi connectivity index (χ0v) is 19.5. The first-order valence-corrected chi connectivity index (χ1v) is 11.0. The lowest BCUT2D eigenvalue weighted by Crippen LogP contribution is -2.24. The number of aromatic nitrogens is 4. The van der Waals surface area contributed by atoms with E-state index in [1.807, 2.05) is 49.4 Å². The van der Waals surface area contributed by atoms with Crippen LogP contribution in [0.4, 0.5) is 10.6 Å². The molecule has 0 aliphatic heterocycles. The highest BCUT2D eigenvalue weighted by molar-refractivity contribution is 6.31. The van der Waals surface area contributed by atoms with Gasteiger partial charge in [-0.25, -0.2) is 14.6 Å². The van der Waals surface area contributed by atoms with Gasteiger partial charge in [0.1, 0.15) is 5.82 Å². The largest absolute Gasteiger partial charge is 0.341 e. The summed E-state index contributed by atoms with van der Waals surface area (Å²) >= 11 is 6.38. The number of fused-ring (bicyclic) bond motifs is 3. The van der Waals surface area contributed by atoms with Crippen molar-refractivity contribution in [1.82, 2.24) is 24.4 Å². The van der Waals surface area contributed by atoms with Crippen LogP contribution in [0.15, 0.2) is 65.7 Å². The second kappa shape index (κ2) is 8.31. The summed E-state index contributed by atoms with van der Waals surface area (Å²) in [6, 6.07) is 14.7. The zero-order chi connectivity index (χ0) is 24.0. The van der Waals surface area contributed by atoms with Crippen molar-refractivity contribution in [3.8, 4) is 16.8 Å². The minimum absolute atomic E-state index is 0.175. The number of hydrogen-bond acceptors (Lipinski definition) is 4. The van der Waals surface area contributed by atoms with Crippen LogP contribution >= 0.6 is 11.6 Å². The standard InChI is InChI=1S/C25H21ClN6O2/c1-14-18(26)5-4-6-20(14)32-23-17-11-15(16-8-10-22(29-12-16)30-24(33)27-2)7-9-19(17)28-13-21(23)31(3)25(32)34/h4-13H,1-3H3,(H2,27,29,30,33). The molecule has 34 heavy (non-hydrogen) atoms. The van der Waals surface area contributed by atoms with Crippen LogP contribution in [0.3, 0.4) is 0 Å². The second-order valence-electron chi connectivity index (χ2n) is 7.92. The summed E-state index contributed by atoms with van der Waals surface area (Å²) in [7, 11) is 3.28. The maximum absolute atomic E-state index is 13.3. The number of rotatable bonds is 3. The lowest BCUT2D eigenvalue weighted by atomic mass is 10.0. The van der Waals surface area contributed by atoms with Gasteiger partial charge in [0.05, 0.1) is 28.4 Å². The van der Waals surface area contributed by atoms with E-state index < -0.39 is 0 Å². The fourth-order valence-corrected chi connectivity index (χ4v) is 4.23. The number of halogens is 1. The van der Waals surface area contributed by atoms with E-state index in [9.17, 15) is 9.59 Å². The summed E-state index contributed by atoms with van der Waals surface area (Å²) < 4.78 is 3.29. The van der Waals surface area contributed by atoms with Crippen LogP contribution in [0.1, 0.15) is 5.56 Å². The molecule has 0 fully saturated rings. The molecule has 5 aromatic rings. The number of benzene rings is 2. The summed E-state index contributed by atoms with van der Waals surface area (Å²) in [5.41, 5.74) is 5.40. The quantitative estimate of drug-likeness (QED) is 0.399. The van der Waals surface area contributed by atoms with Gasteiger partial charge in [-0.15, -0.1) is 0 Å². The van der Waals surface area contributed by atoms with Crippen molar-refractivity contribution >= 4 is 45.4 Å². The molecule has 2 N–H and O–H groups in total. The Morgan fingerprint density at radius 1 is 1.03 bits per heavy atom. The van der Waals surface area contributed by atoms with E-state index in [0.717, 1.165) is 44.3 Å². The highest BCUT2D eigenvalue weighted by atomic mass is 35.5. The number of hydrogen-bond donors (Lipinski definition) is 2. The highest BCUT2D eigenvalue weighted by Gasteiger charge is 2.18. The monoisotopic (exact) mass is 472 g/mol. The molecule has 2 amide bonds. The molecule has 2 aromatic carbocycles. The van der Waals surface area contributed by atoms with Crippen molar-refractivity contribution in [3.05, 3.63) is 82.0 Å². The Labute approximate surface area is 199 Å². The third kappa shape index (κ3) is 3.48. The Morgan fingerprint density at radius 2 is 1.82 bits per heavy atom. The molecular formula is C25H21ClN6O2. The first-order valence-electron chi connectivity index (χ1n) is 10.6. The van der Waals surface area contributed by atoms with Crippen molar-refractivity contribution in [2.24, 2.45) is 7.05 Å². The molecule has 0 aliphatic carbocycles. The average Bonchev–Trinajstić information content (AvgIpc) is 3.11. The summed E-state index contributed by atoms with van der Waals surface area (Å²) in [6.45, 7) is 1.90. The molecule has 8 nitrogen and oxygen atoms in total.